The molecule has 0 saturated heterocycles. The second kappa shape index (κ2) is 7.84. The maximum atomic E-state index is 12.2. The van der Waals surface area contributed by atoms with Crippen molar-refractivity contribution in [2.45, 2.75) is 19.9 Å². The zero-order valence-corrected chi connectivity index (χ0v) is 13.9. The Hall–Kier alpha value is -2.01. The lowest BCUT2D eigenvalue weighted by atomic mass is 10.0. The Balaban J connectivity index is 1.94. The number of ether oxygens (including phenoxy) is 2. The van der Waals surface area contributed by atoms with Crippen LogP contribution in [0.15, 0.2) is 41.8 Å². The van der Waals surface area contributed by atoms with E-state index in [4.69, 9.17) is 9.47 Å². The first-order valence-electron chi connectivity index (χ1n) is 7.20. The summed E-state index contributed by atoms with van der Waals surface area (Å²) in [5, 5.41) is 5.05. The van der Waals surface area contributed by atoms with Crippen LogP contribution in [0, 0.1) is 5.92 Å². The fraction of sp³-hybridized carbons (Fsp3) is 0.353. The molecule has 1 amide bonds. The number of thiophene rings is 1. The molecule has 0 fully saturated rings. The summed E-state index contributed by atoms with van der Waals surface area (Å²) in [6.45, 7) is 4.15. The van der Waals surface area contributed by atoms with E-state index in [-0.39, 0.29) is 18.6 Å². The summed E-state index contributed by atoms with van der Waals surface area (Å²) < 4.78 is 10.8. The van der Waals surface area contributed by atoms with Crippen LogP contribution >= 0.6 is 11.3 Å². The molecule has 118 valence electrons. The predicted octanol–water partition coefficient (Wildman–Crippen LogP) is 3.65. The molecule has 1 N–H and O–H groups in total. The van der Waals surface area contributed by atoms with Crippen molar-refractivity contribution in [3.63, 3.8) is 0 Å². The third-order valence-corrected chi connectivity index (χ3v) is 4.22. The molecule has 0 aliphatic carbocycles. The topological polar surface area (TPSA) is 47.6 Å². The van der Waals surface area contributed by atoms with Gasteiger partial charge in [-0.3, -0.25) is 4.79 Å². The summed E-state index contributed by atoms with van der Waals surface area (Å²) in [4.78, 5) is 13.3. The van der Waals surface area contributed by atoms with Gasteiger partial charge in [0.15, 0.2) is 18.1 Å². The van der Waals surface area contributed by atoms with E-state index < -0.39 is 0 Å². The SMILES string of the molecule is COc1ccccc1OCC(=O)N[C@@H](c1cccs1)C(C)C. The zero-order valence-electron chi connectivity index (χ0n) is 13.0. The number of benzene rings is 1. The summed E-state index contributed by atoms with van der Waals surface area (Å²) in [6, 6.07) is 11.3. The third-order valence-electron chi connectivity index (χ3n) is 3.26. The van der Waals surface area contributed by atoms with Crippen molar-refractivity contribution in [1.29, 1.82) is 0 Å². The second-order valence-electron chi connectivity index (χ2n) is 5.24. The number of hydrogen-bond acceptors (Lipinski definition) is 4. The molecule has 0 saturated carbocycles. The predicted molar refractivity (Wildman–Crippen MR) is 88.5 cm³/mol. The summed E-state index contributed by atoms with van der Waals surface area (Å²) in [5.41, 5.74) is 0. The van der Waals surface area contributed by atoms with Crippen LogP contribution < -0.4 is 14.8 Å². The number of nitrogens with one attached hydrogen (secondary N) is 1. The molecule has 1 aromatic carbocycles. The Morgan fingerprint density at radius 2 is 1.91 bits per heavy atom. The zero-order chi connectivity index (χ0) is 15.9. The molecule has 0 unspecified atom stereocenters. The minimum Gasteiger partial charge on any atom is -0.493 e. The first-order valence-corrected chi connectivity index (χ1v) is 8.08. The second-order valence-corrected chi connectivity index (χ2v) is 6.22. The summed E-state index contributed by atoms with van der Waals surface area (Å²) in [5.74, 6) is 1.36. The van der Waals surface area contributed by atoms with Gasteiger partial charge in [0, 0.05) is 4.88 Å². The van der Waals surface area contributed by atoms with Gasteiger partial charge in [-0.1, -0.05) is 32.0 Å². The molecule has 0 spiro atoms. The van der Waals surface area contributed by atoms with E-state index in [0.717, 1.165) is 4.88 Å². The molecule has 0 aliphatic heterocycles. The lowest BCUT2D eigenvalue weighted by molar-refractivity contribution is -0.124. The number of amides is 1. The van der Waals surface area contributed by atoms with Gasteiger partial charge in [-0.25, -0.2) is 0 Å². The van der Waals surface area contributed by atoms with Crippen molar-refractivity contribution in [3.8, 4) is 11.5 Å². The number of para-hydroxylation sites is 2. The number of carbonyl (C=O) groups is 1. The quantitative estimate of drug-likeness (QED) is 0.847. The van der Waals surface area contributed by atoms with Gasteiger partial charge in [0.1, 0.15) is 0 Å². The van der Waals surface area contributed by atoms with Gasteiger partial charge in [-0.2, -0.15) is 0 Å². The molecule has 1 atom stereocenters. The standard InChI is InChI=1S/C17H21NO3S/c1-12(2)17(15-9-6-10-22-15)18-16(19)11-21-14-8-5-4-7-13(14)20-3/h4-10,12,17H,11H2,1-3H3,(H,18,19)/t17-/m1/s1. The Bertz CT molecular complexity index is 596. The number of rotatable bonds is 7. The first-order chi connectivity index (χ1) is 10.6. The van der Waals surface area contributed by atoms with Gasteiger partial charge in [0.05, 0.1) is 13.2 Å². The summed E-state index contributed by atoms with van der Waals surface area (Å²) in [7, 11) is 1.58. The van der Waals surface area contributed by atoms with Crippen molar-refractivity contribution in [3.05, 3.63) is 46.7 Å². The molecular weight excluding hydrogens is 298 g/mol. The Labute approximate surface area is 135 Å². The highest BCUT2D eigenvalue weighted by Crippen LogP contribution is 2.27. The Kier molecular flexibility index (Phi) is 5.83. The van der Waals surface area contributed by atoms with E-state index in [1.165, 1.54) is 0 Å². The lowest BCUT2D eigenvalue weighted by Crippen LogP contribution is -2.34. The fourth-order valence-corrected chi connectivity index (χ4v) is 3.08. The lowest BCUT2D eigenvalue weighted by Gasteiger charge is -2.21. The molecule has 0 aliphatic rings. The molecule has 1 heterocycles. The number of methoxy groups -OCH3 is 1. The Morgan fingerprint density at radius 1 is 1.18 bits per heavy atom. The number of hydrogen-bond donors (Lipinski definition) is 1. The fourth-order valence-electron chi connectivity index (χ4n) is 2.13. The first kappa shape index (κ1) is 16.4. The van der Waals surface area contributed by atoms with Crippen molar-refractivity contribution in [2.75, 3.05) is 13.7 Å². The van der Waals surface area contributed by atoms with Crippen molar-refractivity contribution < 1.29 is 14.3 Å². The molecule has 22 heavy (non-hydrogen) atoms. The van der Waals surface area contributed by atoms with Crippen LogP contribution in [0.4, 0.5) is 0 Å². The highest BCUT2D eigenvalue weighted by atomic mass is 32.1. The average Bonchev–Trinajstić information content (AvgIpc) is 3.04. The van der Waals surface area contributed by atoms with Crippen LogP contribution in [-0.4, -0.2) is 19.6 Å². The summed E-state index contributed by atoms with van der Waals surface area (Å²) >= 11 is 1.65. The van der Waals surface area contributed by atoms with E-state index in [1.54, 1.807) is 30.6 Å². The van der Waals surface area contributed by atoms with Gasteiger partial charge in [-0.05, 0) is 29.5 Å². The normalized spacial score (nSPS) is 12.0. The Morgan fingerprint density at radius 3 is 2.50 bits per heavy atom. The molecule has 0 bridgehead atoms. The van der Waals surface area contributed by atoms with Crippen LogP contribution in [0.3, 0.4) is 0 Å². The van der Waals surface area contributed by atoms with Crippen LogP contribution in [0.5, 0.6) is 11.5 Å². The molecule has 1 aromatic heterocycles. The minimum atomic E-state index is -0.141. The molecular formula is C17H21NO3S. The van der Waals surface area contributed by atoms with Crippen molar-refractivity contribution in [2.24, 2.45) is 5.92 Å². The third kappa shape index (κ3) is 4.24. The largest absolute Gasteiger partial charge is 0.493 e. The molecule has 0 radical (unpaired) electrons. The van der Waals surface area contributed by atoms with Crippen LogP contribution in [0.25, 0.3) is 0 Å². The van der Waals surface area contributed by atoms with Crippen molar-refractivity contribution in [1.82, 2.24) is 5.32 Å². The molecule has 2 aromatic rings. The smallest absolute Gasteiger partial charge is 0.258 e. The van der Waals surface area contributed by atoms with Crippen LogP contribution in [-0.2, 0) is 4.79 Å². The van der Waals surface area contributed by atoms with E-state index in [0.29, 0.717) is 17.4 Å². The average molecular weight is 319 g/mol. The minimum absolute atomic E-state index is 0.00812. The van der Waals surface area contributed by atoms with Crippen LogP contribution in [0.1, 0.15) is 24.8 Å². The highest BCUT2D eigenvalue weighted by Gasteiger charge is 2.19. The van der Waals surface area contributed by atoms with Gasteiger partial charge in [-0.15, -0.1) is 11.3 Å². The maximum Gasteiger partial charge on any atom is 0.258 e. The molecule has 5 heteroatoms. The number of carbonyl (C=O) groups excluding carboxylic acids is 1. The van der Waals surface area contributed by atoms with Gasteiger partial charge in [0.2, 0.25) is 0 Å². The van der Waals surface area contributed by atoms with E-state index in [9.17, 15) is 4.79 Å². The monoisotopic (exact) mass is 319 g/mol. The summed E-state index contributed by atoms with van der Waals surface area (Å²) in [6.07, 6.45) is 0. The van der Waals surface area contributed by atoms with E-state index >= 15 is 0 Å². The molecule has 2 rings (SSSR count). The maximum absolute atomic E-state index is 12.2. The van der Waals surface area contributed by atoms with Gasteiger partial charge < -0.3 is 14.8 Å². The van der Waals surface area contributed by atoms with Crippen LogP contribution in [0.2, 0.25) is 0 Å². The van der Waals surface area contributed by atoms with E-state index in [2.05, 4.69) is 19.2 Å². The molecule has 4 nitrogen and oxygen atoms in total. The van der Waals surface area contributed by atoms with E-state index in [1.807, 2.05) is 29.6 Å². The van der Waals surface area contributed by atoms with Gasteiger partial charge in [0.25, 0.3) is 5.91 Å². The van der Waals surface area contributed by atoms with Crippen molar-refractivity contribution >= 4 is 17.2 Å². The highest BCUT2D eigenvalue weighted by molar-refractivity contribution is 7.10. The van der Waals surface area contributed by atoms with Gasteiger partial charge >= 0.3 is 0 Å².